The summed E-state index contributed by atoms with van der Waals surface area (Å²) >= 11 is 0. The van der Waals surface area contributed by atoms with Crippen molar-refractivity contribution in [1.82, 2.24) is 0 Å². The standard InChI is InChI=1S/C11H12F2O3/c1-15-6-2-7(3-6)16-8-4-9(12)11(13)10(14)5-8/h4-7,14H,2-3H2,1H3. The van der Waals surface area contributed by atoms with Crippen LogP contribution in [-0.4, -0.2) is 24.4 Å². The molecule has 0 saturated heterocycles. The number of hydrogen-bond donors (Lipinski definition) is 1. The second kappa shape index (κ2) is 4.25. The van der Waals surface area contributed by atoms with Gasteiger partial charge in [0.15, 0.2) is 11.6 Å². The summed E-state index contributed by atoms with van der Waals surface area (Å²) in [6.07, 6.45) is 1.55. The highest BCUT2D eigenvalue weighted by Gasteiger charge is 2.31. The van der Waals surface area contributed by atoms with Gasteiger partial charge in [0, 0.05) is 32.1 Å². The van der Waals surface area contributed by atoms with E-state index in [1.165, 1.54) is 0 Å². The fourth-order valence-electron chi connectivity index (χ4n) is 1.62. The van der Waals surface area contributed by atoms with Crippen molar-refractivity contribution in [1.29, 1.82) is 0 Å². The second-order valence-electron chi connectivity index (χ2n) is 3.81. The van der Waals surface area contributed by atoms with Gasteiger partial charge in [0.2, 0.25) is 5.82 Å². The first-order valence-corrected chi connectivity index (χ1v) is 4.97. The molecule has 1 saturated carbocycles. The molecule has 0 bridgehead atoms. The number of phenols is 1. The van der Waals surface area contributed by atoms with Crippen LogP contribution < -0.4 is 4.74 Å². The molecule has 3 nitrogen and oxygen atoms in total. The number of methoxy groups -OCH3 is 1. The van der Waals surface area contributed by atoms with Crippen molar-refractivity contribution in [2.75, 3.05) is 7.11 Å². The molecule has 1 aromatic carbocycles. The van der Waals surface area contributed by atoms with Crippen molar-refractivity contribution in [2.24, 2.45) is 0 Å². The van der Waals surface area contributed by atoms with E-state index >= 15 is 0 Å². The Morgan fingerprint density at radius 2 is 1.94 bits per heavy atom. The van der Waals surface area contributed by atoms with E-state index < -0.39 is 17.4 Å². The topological polar surface area (TPSA) is 38.7 Å². The molecule has 1 fully saturated rings. The molecule has 0 spiro atoms. The molecule has 16 heavy (non-hydrogen) atoms. The zero-order valence-corrected chi connectivity index (χ0v) is 8.74. The van der Waals surface area contributed by atoms with Crippen molar-refractivity contribution in [2.45, 2.75) is 25.0 Å². The number of phenolic OH excluding ortho intramolecular Hbond substituents is 1. The minimum absolute atomic E-state index is 0.0609. The van der Waals surface area contributed by atoms with E-state index in [0.29, 0.717) is 0 Å². The minimum Gasteiger partial charge on any atom is -0.505 e. The first kappa shape index (κ1) is 11.1. The summed E-state index contributed by atoms with van der Waals surface area (Å²) in [6.45, 7) is 0. The Morgan fingerprint density at radius 1 is 1.25 bits per heavy atom. The van der Waals surface area contributed by atoms with Gasteiger partial charge in [0.25, 0.3) is 0 Å². The average molecular weight is 230 g/mol. The van der Waals surface area contributed by atoms with E-state index in [9.17, 15) is 8.78 Å². The average Bonchev–Trinajstić information content (AvgIpc) is 2.19. The largest absolute Gasteiger partial charge is 0.505 e. The normalized spacial score (nSPS) is 23.9. The van der Waals surface area contributed by atoms with Crippen LogP contribution in [0.3, 0.4) is 0 Å². The molecule has 0 unspecified atom stereocenters. The van der Waals surface area contributed by atoms with E-state index in [0.717, 1.165) is 25.0 Å². The maximum Gasteiger partial charge on any atom is 0.200 e. The van der Waals surface area contributed by atoms with Crippen LogP contribution in [0.15, 0.2) is 12.1 Å². The molecule has 5 heteroatoms. The van der Waals surface area contributed by atoms with Crippen molar-refractivity contribution < 1.29 is 23.4 Å². The summed E-state index contributed by atoms with van der Waals surface area (Å²) in [7, 11) is 1.62. The first-order valence-electron chi connectivity index (χ1n) is 4.97. The summed E-state index contributed by atoms with van der Waals surface area (Å²) in [4.78, 5) is 0. The van der Waals surface area contributed by atoms with E-state index in [-0.39, 0.29) is 18.0 Å². The Kier molecular flexibility index (Phi) is 2.96. The van der Waals surface area contributed by atoms with E-state index in [4.69, 9.17) is 14.6 Å². The highest BCUT2D eigenvalue weighted by molar-refractivity contribution is 5.34. The molecule has 88 valence electrons. The zero-order valence-electron chi connectivity index (χ0n) is 8.74. The molecule has 1 aliphatic rings. The van der Waals surface area contributed by atoms with Gasteiger partial charge in [-0.25, -0.2) is 4.39 Å². The molecule has 1 aliphatic carbocycles. The molecule has 0 radical (unpaired) electrons. The molecule has 1 aromatic rings. The van der Waals surface area contributed by atoms with Gasteiger partial charge in [-0.15, -0.1) is 0 Å². The van der Waals surface area contributed by atoms with Crippen molar-refractivity contribution in [3.05, 3.63) is 23.8 Å². The van der Waals surface area contributed by atoms with Gasteiger partial charge in [-0.1, -0.05) is 0 Å². The molecule has 0 heterocycles. The Balaban J connectivity index is 2.01. The number of benzene rings is 1. The molecule has 0 aromatic heterocycles. The van der Waals surface area contributed by atoms with E-state index in [1.807, 2.05) is 0 Å². The predicted octanol–water partition coefficient (Wildman–Crippen LogP) is 2.23. The highest BCUT2D eigenvalue weighted by atomic mass is 19.2. The first-order chi connectivity index (χ1) is 7.60. The minimum atomic E-state index is -1.25. The maximum absolute atomic E-state index is 12.9. The number of hydrogen-bond acceptors (Lipinski definition) is 3. The van der Waals surface area contributed by atoms with Crippen molar-refractivity contribution in [3.63, 3.8) is 0 Å². The predicted molar refractivity (Wildman–Crippen MR) is 52.5 cm³/mol. The molecular formula is C11H12F2O3. The third-order valence-corrected chi connectivity index (χ3v) is 2.67. The quantitative estimate of drug-likeness (QED) is 0.865. The lowest BCUT2D eigenvalue weighted by Gasteiger charge is -2.34. The summed E-state index contributed by atoms with van der Waals surface area (Å²) in [6, 6.07) is 1.99. The van der Waals surface area contributed by atoms with Crippen LogP contribution in [0.4, 0.5) is 8.78 Å². The highest BCUT2D eigenvalue weighted by Crippen LogP contribution is 2.31. The summed E-state index contributed by atoms with van der Waals surface area (Å²) in [5.74, 6) is -2.97. The molecule has 0 aliphatic heterocycles. The fraction of sp³-hybridized carbons (Fsp3) is 0.455. The van der Waals surface area contributed by atoms with Crippen LogP contribution in [0, 0.1) is 11.6 Å². The van der Waals surface area contributed by atoms with Gasteiger partial charge in [0.1, 0.15) is 11.9 Å². The van der Waals surface area contributed by atoms with Gasteiger partial charge in [-0.2, -0.15) is 4.39 Å². The Labute approximate surface area is 91.6 Å². The molecule has 2 rings (SSSR count). The van der Waals surface area contributed by atoms with E-state index in [2.05, 4.69) is 0 Å². The SMILES string of the molecule is COC1CC(Oc2cc(O)c(F)c(F)c2)C1. The van der Waals surface area contributed by atoms with Crippen LogP contribution in [0.1, 0.15) is 12.8 Å². The van der Waals surface area contributed by atoms with Crippen LogP contribution in [-0.2, 0) is 4.74 Å². The Bertz CT molecular complexity index is 366. The molecule has 1 N–H and O–H groups in total. The van der Waals surface area contributed by atoms with Gasteiger partial charge >= 0.3 is 0 Å². The van der Waals surface area contributed by atoms with Crippen LogP contribution in [0.25, 0.3) is 0 Å². The molecule has 0 atom stereocenters. The number of aromatic hydroxyl groups is 1. The van der Waals surface area contributed by atoms with Gasteiger partial charge in [0.05, 0.1) is 6.10 Å². The maximum atomic E-state index is 12.9. The monoisotopic (exact) mass is 230 g/mol. The van der Waals surface area contributed by atoms with Crippen molar-refractivity contribution in [3.8, 4) is 11.5 Å². The third-order valence-electron chi connectivity index (χ3n) is 2.67. The van der Waals surface area contributed by atoms with Gasteiger partial charge in [-0.3, -0.25) is 0 Å². The van der Waals surface area contributed by atoms with Crippen LogP contribution in [0.2, 0.25) is 0 Å². The smallest absolute Gasteiger partial charge is 0.200 e. The molecular weight excluding hydrogens is 218 g/mol. The fourth-order valence-corrected chi connectivity index (χ4v) is 1.62. The molecule has 0 amide bonds. The second-order valence-corrected chi connectivity index (χ2v) is 3.81. The lowest BCUT2D eigenvalue weighted by Crippen LogP contribution is -2.38. The Hall–Kier alpha value is -1.36. The zero-order chi connectivity index (χ0) is 11.7. The van der Waals surface area contributed by atoms with Crippen LogP contribution in [0.5, 0.6) is 11.5 Å². The number of rotatable bonds is 3. The van der Waals surface area contributed by atoms with Gasteiger partial charge in [-0.05, 0) is 0 Å². The number of halogens is 2. The van der Waals surface area contributed by atoms with Crippen molar-refractivity contribution >= 4 is 0 Å². The van der Waals surface area contributed by atoms with Gasteiger partial charge < -0.3 is 14.6 Å². The summed E-state index contributed by atoms with van der Waals surface area (Å²) < 4.78 is 36.1. The lowest BCUT2D eigenvalue weighted by atomic mass is 9.92. The lowest BCUT2D eigenvalue weighted by molar-refractivity contribution is -0.0382. The van der Waals surface area contributed by atoms with E-state index in [1.54, 1.807) is 7.11 Å². The Morgan fingerprint density at radius 3 is 2.50 bits per heavy atom. The third kappa shape index (κ3) is 2.09. The summed E-state index contributed by atoms with van der Waals surface area (Å²) in [5, 5.41) is 9.06. The number of ether oxygens (including phenoxy) is 2. The van der Waals surface area contributed by atoms with Crippen LogP contribution >= 0.6 is 0 Å². The summed E-state index contributed by atoms with van der Waals surface area (Å²) in [5.41, 5.74) is 0.